The van der Waals surface area contributed by atoms with Crippen LogP contribution in [0.2, 0.25) is 10.2 Å². The highest BCUT2D eigenvalue weighted by Gasteiger charge is 2.34. The molecule has 1 saturated heterocycles. The molecule has 2 heterocycles. The lowest BCUT2D eigenvalue weighted by molar-refractivity contribution is -0.142. The maximum Gasteiger partial charge on any atom is 0.408 e. The Balaban J connectivity index is 0.00000158. The summed E-state index contributed by atoms with van der Waals surface area (Å²) in [5, 5.41) is 7.94. The summed E-state index contributed by atoms with van der Waals surface area (Å²) in [7, 11) is 0. The fraction of sp³-hybridized carbons (Fsp3) is 0.375. The van der Waals surface area contributed by atoms with Crippen LogP contribution < -0.4 is 5.32 Å². The van der Waals surface area contributed by atoms with Crippen molar-refractivity contribution in [2.24, 2.45) is 0 Å². The molecular weight excluding hydrogens is 493 g/mol. The van der Waals surface area contributed by atoms with Gasteiger partial charge in [0.25, 0.3) is 0 Å². The summed E-state index contributed by atoms with van der Waals surface area (Å²) >= 11 is 12.3. The maximum absolute atomic E-state index is 13.4. The Morgan fingerprint density at radius 1 is 1.09 bits per heavy atom. The summed E-state index contributed by atoms with van der Waals surface area (Å²) in [5.74, 6) is -0.300. The quantitative estimate of drug-likeness (QED) is 0.317. The number of nitrogens with one attached hydrogen (secondary N) is 1. The molecule has 0 unspecified atom stereocenters. The van der Waals surface area contributed by atoms with Crippen molar-refractivity contribution >= 4 is 34.1 Å². The number of hydrogen-bond acceptors (Lipinski definition) is 3. The van der Waals surface area contributed by atoms with Gasteiger partial charge in [0.2, 0.25) is 0 Å². The number of halogens is 6. The van der Waals surface area contributed by atoms with E-state index in [1.807, 2.05) is 0 Å². The van der Waals surface area contributed by atoms with Crippen LogP contribution in [0, 0.1) is 18.7 Å². The van der Waals surface area contributed by atoms with Crippen molar-refractivity contribution in [2.45, 2.75) is 37.6 Å². The number of hydrogen-bond donors (Lipinski definition) is 1. The number of piperidine rings is 1. The molecule has 0 bridgehead atoms. The molecule has 1 aliphatic heterocycles. The van der Waals surface area contributed by atoms with E-state index in [1.54, 1.807) is 18.2 Å². The SMILES string of the molecule is C#C.Fc1ccc(C2(COCc3cc(Cl)cc4c(Cl)n(CC(F)(F)F)nc34)CCNCC2)cc1. The second-order valence-electron chi connectivity index (χ2n) is 8.05. The molecule has 3 aromatic rings. The average molecular weight is 516 g/mol. The Kier molecular flexibility index (Phi) is 8.47. The average Bonchev–Trinajstić information content (AvgIpc) is 3.10. The van der Waals surface area contributed by atoms with E-state index in [0.717, 1.165) is 36.2 Å². The van der Waals surface area contributed by atoms with Gasteiger partial charge < -0.3 is 10.1 Å². The Labute approximate surface area is 205 Å². The Morgan fingerprint density at radius 2 is 1.74 bits per heavy atom. The molecule has 1 N–H and O–H groups in total. The van der Waals surface area contributed by atoms with Crippen LogP contribution in [0.3, 0.4) is 0 Å². The van der Waals surface area contributed by atoms with Gasteiger partial charge in [-0.15, -0.1) is 12.8 Å². The lowest BCUT2D eigenvalue weighted by atomic mass is 9.74. The van der Waals surface area contributed by atoms with Gasteiger partial charge >= 0.3 is 6.18 Å². The number of alkyl halides is 3. The third-order valence-corrected chi connectivity index (χ3v) is 6.42. The van der Waals surface area contributed by atoms with E-state index in [2.05, 4.69) is 23.3 Å². The van der Waals surface area contributed by atoms with Gasteiger partial charge in [-0.05, 0) is 55.8 Å². The van der Waals surface area contributed by atoms with Crippen LogP contribution in [-0.2, 0) is 23.3 Å². The van der Waals surface area contributed by atoms with Gasteiger partial charge in [0, 0.05) is 21.4 Å². The molecule has 0 aliphatic carbocycles. The van der Waals surface area contributed by atoms with Crippen molar-refractivity contribution in [1.29, 1.82) is 0 Å². The van der Waals surface area contributed by atoms with Crippen LogP contribution in [0.5, 0.6) is 0 Å². The molecule has 182 valence electrons. The van der Waals surface area contributed by atoms with Crippen LogP contribution in [0.15, 0.2) is 36.4 Å². The van der Waals surface area contributed by atoms with Gasteiger partial charge in [-0.3, -0.25) is 0 Å². The smallest absolute Gasteiger partial charge is 0.376 e. The molecule has 2 aromatic carbocycles. The zero-order valence-electron chi connectivity index (χ0n) is 18.1. The molecular formula is C24H23Cl2F4N3O. The van der Waals surface area contributed by atoms with Crippen molar-refractivity contribution in [3.63, 3.8) is 0 Å². The van der Waals surface area contributed by atoms with Gasteiger partial charge in [-0.25, -0.2) is 9.07 Å². The van der Waals surface area contributed by atoms with Crippen LogP contribution in [-0.4, -0.2) is 35.7 Å². The molecule has 4 rings (SSSR count). The van der Waals surface area contributed by atoms with Crippen molar-refractivity contribution in [3.05, 3.63) is 63.5 Å². The van der Waals surface area contributed by atoms with Crippen LogP contribution in [0.4, 0.5) is 17.6 Å². The third-order valence-electron chi connectivity index (χ3n) is 5.81. The van der Waals surface area contributed by atoms with Gasteiger partial charge in [0.1, 0.15) is 17.5 Å². The van der Waals surface area contributed by atoms with E-state index in [0.29, 0.717) is 28.1 Å². The van der Waals surface area contributed by atoms with E-state index in [-0.39, 0.29) is 23.0 Å². The Hall–Kier alpha value is -2.31. The number of aromatic nitrogens is 2. The predicted molar refractivity (Wildman–Crippen MR) is 126 cm³/mol. The Morgan fingerprint density at radius 3 is 2.35 bits per heavy atom. The largest absolute Gasteiger partial charge is 0.408 e. The lowest BCUT2D eigenvalue weighted by Gasteiger charge is -2.38. The van der Waals surface area contributed by atoms with E-state index in [4.69, 9.17) is 27.9 Å². The van der Waals surface area contributed by atoms with Crippen molar-refractivity contribution in [3.8, 4) is 12.8 Å². The minimum Gasteiger partial charge on any atom is -0.376 e. The van der Waals surface area contributed by atoms with Gasteiger partial charge in [-0.2, -0.15) is 18.3 Å². The van der Waals surface area contributed by atoms with E-state index >= 15 is 0 Å². The molecule has 4 nitrogen and oxygen atoms in total. The molecule has 1 aliphatic rings. The van der Waals surface area contributed by atoms with Crippen molar-refractivity contribution in [1.82, 2.24) is 15.1 Å². The van der Waals surface area contributed by atoms with Crippen molar-refractivity contribution < 1.29 is 22.3 Å². The van der Waals surface area contributed by atoms with Gasteiger partial charge in [-0.1, -0.05) is 35.3 Å². The molecule has 0 radical (unpaired) electrons. The summed E-state index contributed by atoms with van der Waals surface area (Å²) in [6, 6.07) is 9.55. The topological polar surface area (TPSA) is 39.1 Å². The summed E-state index contributed by atoms with van der Waals surface area (Å²) in [4.78, 5) is 0. The number of fused-ring (bicyclic) bond motifs is 1. The molecule has 1 fully saturated rings. The third kappa shape index (κ3) is 6.02. The highest BCUT2D eigenvalue weighted by atomic mass is 35.5. The molecule has 0 saturated carbocycles. The first kappa shape index (κ1) is 26.3. The summed E-state index contributed by atoms with van der Waals surface area (Å²) < 4.78 is 58.8. The maximum atomic E-state index is 13.4. The molecule has 0 spiro atoms. The fourth-order valence-corrected chi connectivity index (χ4v) is 4.68. The normalized spacial score (nSPS) is 15.6. The van der Waals surface area contributed by atoms with Crippen LogP contribution in [0.25, 0.3) is 10.9 Å². The highest BCUT2D eigenvalue weighted by molar-refractivity contribution is 6.36. The standard InChI is InChI=1S/C22H21Cl2F4N3O.C2H2/c23-16-9-14(19-18(10-16)20(24)31(30-19)12-22(26,27)28)11-32-13-21(5-7-29-8-6-21)15-1-3-17(25)4-2-15;1-2/h1-4,9-10,29H,5-8,11-13H2;1-2H. The second kappa shape index (κ2) is 11.0. The first-order valence-corrected chi connectivity index (χ1v) is 11.2. The molecule has 1 aromatic heterocycles. The number of terminal acetylenes is 1. The van der Waals surface area contributed by atoms with Gasteiger partial charge in [0.15, 0.2) is 0 Å². The first-order chi connectivity index (χ1) is 16.2. The summed E-state index contributed by atoms with van der Waals surface area (Å²) in [6.07, 6.45) is 5.17. The highest BCUT2D eigenvalue weighted by Crippen LogP contribution is 2.35. The van der Waals surface area contributed by atoms with E-state index in [1.165, 1.54) is 18.2 Å². The second-order valence-corrected chi connectivity index (χ2v) is 8.85. The van der Waals surface area contributed by atoms with E-state index in [9.17, 15) is 17.6 Å². The Bertz CT molecular complexity index is 1140. The van der Waals surface area contributed by atoms with Crippen LogP contribution in [0.1, 0.15) is 24.0 Å². The zero-order valence-corrected chi connectivity index (χ0v) is 19.7. The lowest BCUT2D eigenvalue weighted by Crippen LogP contribution is -2.43. The number of nitrogens with zero attached hydrogens (tertiary/aromatic N) is 2. The molecule has 10 heteroatoms. The number of rotatable bonds is 6. The predicted octanol–water partition coefficient (Wildman–Crippen LogP) is 6.13. The molecule has 34 heavy (non-hydrogen) atoms. The van der Waals surface area contributed by atoms with E-state index < -0.39 is 12.7 Å². The monoisotopic (exact) mass is 515 g/mol. The minimum atomic E-state index is -4.46. The molecule has 0 amide bonds. The van der Waals surface area contributed by atoms with Crippen LogP contribution >= 0.6 is 23.2 Å². The fourth-order valence-electron chi connectivity index (χ4n) is 4.20. The minimum absolute atomic E-state index is 0.104. The summed E-state index contributed by atoms with van der Waals surface area (Å²) in [6.45, 7) is 0.788. The van der Waals surface area contributed by atoms with Crippen molar-refractivity contribution in [2.75, 3.05) is 19.7 Å². The number of benzene rings is 2. The summed E-state index contributed by atoms with van der Waals surface area (Å²) in [5.41, 5.74) is 1.58. The van der Waals surface area contributed by atoms with Gasteiger partial charge in [0.05, 0.1) is 18.7 Å². The number of ether oxygens (including phenoxy) is 1. The zero-order chi connectivity index (χ0) is 24.9. The molecule has 0 atom stereocenters. The first-order valence-electron chi connectivity index (χ1n) is 10.5.